The average Bonchev–Trinajstić information content (AvgIpc) is 2.54. The van der Waals surface area contributed by atoms with Crippen molar-refractivity contribution in [3.63, 3.8) is 0 Å². The van der Waals surface area contributed by atoms with Gasteiger partial charge in [0, 0.05) is 24.9 Å². The number of hydrogen-bond donors (Lipinski definition) is 1. The van der Waals surface area contributed by atoms with Gasteiger partial charge in [-0.15, -0.1) is 0 Å². The molecule has 6 heteroatoms. The van der Waals surface area contributed by atoms with Crippen molar-refractivity contribution in [3.8, 4) is 0 Å². The number of hydrogen-bond acceptors (Lipinski definition) is 3. The van der Waals surface area contributed by atoms with Gasteiger partial charge in [-0.25, -0.2) is 0 Å². The Morgan fingerprint density at radius 3 is 2.71 bits per heavy atom. The Balaban J connectivity index is 2.07. The van der Waals surface area contributed by atoms with Gasteiger partial charge in [0.25, 0.3) is 0 Å². The molecule has 2 aliphatic rings. The minimum Gasteiger partial charge on any atom is -0.315 e. The van der Waals surface area contributed by atoms with Crippen molar-refractivity contribution < 1.29 is 13.2 Å². The lowest BCUT2D eigenvalue weighted by Gasteiger charge is -2.39. The van der Waals surface area contributed by atoms with E-state index in [0.29, 0.717) is 13.1 Å². The molecule has 100 valence electrons. The third-order valence-corrected chi connectivity index (χ3v) is 4.69. The van der Waals surface area contributed by atoms with Crippen molar-refractivity contribution in [1.82, 2.24) is 10.2 Å². The normalized spacial score (nSPS) is 33.4. The van der Waals surface area contributed by atoms with Crippen molar-refractivity contribution >= 4 is 11.8 Å². The zero-order valence-corrected chi connectivity index (χ0v) is 10.6. The summed E-state index contributed by atoms with van der Waals surface area (Å²) < 4.78 is 39.1. The second-order valence-corrected chi connectivity index (χ2v) is 5.87. The highest BCUT2D eigenvalue weighted by atomic mass is 32.2. The Hall–Kier alpha value is 0.0600. The lowest BCUT2D eigenvalue weighted by molar-refractivity contribution is -0.186. The SMILES string of the molecule is FC(F)(F)C1CNCCCN1C1CCCSC1. The Bertz CT molecular complexity index is 241. The molecule has 1 N–H and O–H groups in total. The fourth-order valence-electron chi connectivity index (χ4n) is 2.62. The second kappa shape index (κ2) is 5.80. The van der Waals surface area contributed by atoms with Gasteiger partial charge in [0.1, 0.15) is 6.04 Å². The van der Waals surface area contributed by atoms with E-state index < -0.39 is 12.2 Å². The standard InChI is InChI=1S/C11H19F3N2S/c12-11(13,14)10-7-15-4-2-5-16(10)9-3-1-6-17-8-9/h9-10,15H,1-8H2. The van der Waals surface area contributed by atoms with Gasteiger partial charge in [-0.3, -0.25) is 4.90 Å². The van der Waals surface area contributed by atoms with Crippen molar-refractivity contribution in [2.24, 2.45) is 0 Å². The highest BCUT2D eigenvalue weighted by Gasteiger charge is 2.45. The van der Waals surface area contributed by atoms with Gasteiger partial charge >= 0.3 is 6.18 Å². The molecular formula is C11H19F3N2S. The minimum absolute atomic E-state index is 0.0463. The largest absolute Gasteiger partial charge is 0.405 e. The minimum atomic E-state index is -4.11. The van der Waals surface area contributed by atoms with Crippen LogP contribution in [0.15, 0.2) is 0 Å². The van der Waals surface area contributed by atoms with Gasteiger partial charge in [0.15, 0.2) is 0 Å². The van der Waals surface area contributed by atoms with Crippen LogP contribution in [0.4, 0.5) is 13.2 Å². The Morgan fingerprint density at radius 2 is 2.06 bits per heavy atom. The molecule has 2 fully saturated rings. The predicted molar refractivity (Wildman–Crippen MR) is 64.4 cm³/mol. The number of halogens is 3. The summed E-state index contributed by atoms with van der Waals surface area (Å²) in [5, 5.41) is 2.90. The van der Waals surface area contributed by atoms with Gasteiger partial charge in [-0.05, 0) is 31.6 Å². The molecule has 0 aromatic rings. The molecule has 2 saturated heterocycles. The van der Waals surface area contributed by atoms with Crippen LogP contribution < -0.4 is 5.32 Å². The first kappa shape index (κ1) is 13.5. The molecule has 0 aromatic heterocycles. The Kier molecular flexibility index (Phi) is 4.60. The fourth-order valence-corrected chi connectivity index (χ4v) is 3.79. The Morgan fingerprint density at radius 1 is 1.24 bits per heavy atom. The van der Waals surface area contributed by atoms with Crippen LogP contribution in [0.1, 0.15) is 19.3 Å². The van der Waals surface area contributed by atoms with E-state index >= 15 is 0 Å². The van der Waals surface area contributed by atoms with Crippen molar-refractivity contribution in [2.45, 2.75) is 37.5 Å². The zero-order valence-electron chi connectivity index (χ0n) is 9.80. The van der Waals surface area contributed by atoms with E-state index in [2.05, 4.69) is 5.32 Å². The predicted octanol–water partition coefficient (Wildman–Crippen LogP) is 2.11. The summed E-state index contributed by atoms with van der Waals surface area (Å²) in [6, 6.07) is -1.19. The number of nitrogens with zero attached hydrogens (tertiary/aromatic N) is 1. The zero-order chi connectivity index (χ0) is 12.3. The van der Waals surface area contributed by atoms with Crippen molar-refractivity contribution in [2.75, 3.05) is 31.1 Å². The molecule has 0 spiro atoms. The smallest absolute Gasteiger partial charge is 0.315 e. The molecular weight excluding hydrogens is 249 g/mol. The molecule has 2 atom stereocenters. The molecule has 0 bridgehead atoms. The molecule has 2 aliphatic heterocycles. The quantitative estimate of drug-likeness (QED) is 0.784. The molecule has 0 radical (unpaired) electrons. The van der Waals surface area contributed by atoms with E-state index in [0.717, 1.165) is 30.8 Å². The molecule has 17 heavy (non-hydrogen) atoms. The summed E-state index contributed by atoms with van der Waals surface area (Å²) in [6.45, 7) is 1.32. The lowest BCUT2D eigenvalue weighted by atomic mass is 10.1. The van der Waals surface area contributed by atoms with E-state index in [4.69, 9.17) is 0 Å². The summed E-state index contributed by atoms with van der Waals surface area (Å²) in [5.41, 5.74) is 0. The topological polar surface area (TPSA) is 15.3 Å². The fraction of sp³-hybridized carbons (Fsp3) is 1.00. The van der Waals surface area contributed by atoms with E-state index in [1.807, 2.05) is 0 Å². The van der Waals surface area contributed by atoms with Crippen molar-refractivity contribution in [1.29, 1.82) is 0 Å². The molecule has 0 aromatic carbocycles. The maximum absolute atomic E-state index is 13.0. The van der Waals surface area contributed by atoms with Gasteiger partial charge < -0.3 is 5.32 Å². The number of thioether (sulfide) groups is 1. The second-order valence-electron chi connectivity index (χ2n) is 4.72. The van der Waals surface area contributed by atoms with Crippen molar-refractivity contribution in [3.05, 3.63) is 0 Å². The summed E-state index contributed by atoms with van der Waals surface area (Å²) in [7, 11) is 0. The maximum Gasteiger partial charge on any atom is 0.405 e. The van der Waals surface area contributed by atoms with Crippen LogP contribution >= 0.6 is 11.8 Å². The first-order chi connectivity index (χ1) is 8.09. The van der Waals surface area contributed by atoms with E-state index in [-0.39, 0.29) is 12.6 Å². The third kappa shape index (κ3) is 3.51. The van der Waals surface area contributed by atoms with Crippen LogP contribution in [0.25, 0.3) is 0 Å². The number of alkyl halides is 3. The molecule has 2 rings (SSSR count). The van der Waals surface area contributed by atoms with E-state index in [9.17, 15) is 13.2 Å². The highest BCUT2D eigenvalue weighted by Crippen LogP contribution is 2.31. The number of nitrogens with one attached hydrogen (secondary N) is 1. The van der Waals surface area contributed by atoms with Crippen LogP contribution in [0.2, 0.25) is 0 Å². The van der Waals surface area contributed by atoms with Gasteiger partial charge in [0.05, 0.1) is 0 Å². The van der Waals surface area contributed by atoms with Crippen LogP contribution in [-0.2, 0) is 0 Å². The molecule has 0 saturated carbocycles. The van der Waals surface area contributed by atoms with Crippen LogP contribution in [0.3, 0.4) is 0 Å². The van der Waals surface area contributed by atoms with Gasteiger partial charge in [-0.2, -0.15) is 24.9 Å². The van der Waals surface area contributed by atoms with Gasteiger partial charge in [-0.1, -0.05) is 0 Å². The first-order valence-corrected chi connectivity index (χ1v) is 7.35. The van der Waals surface area contributed by atoms with E-state index in [1.54, 1.807) is 16.7 Å². The first-order valence-electron chi connectivity index (χ1n) is 6.20. The molecule has 0 aliphatic carbocycles. The highest BCUT2D eigenvalue weighted by molar-refractivity contribution is 7.99. The molecule has 0 amide bonds. The summed E-state index contributed by atoms with van der Waals surface area (Å²) >= 11 is 1.79. The summed E-state index contributed by atoms with van der Waals surface area (Å²) in [5.74, 6) is 1.95. The van der Waals surface area contributed by atoms with Crippen LogP contribution in [-0.4, -0.2) is 54.3 Å². The molecule has 2 heterocycles. The number of rotatable bonds is 1. The lowest BCUT2D eigenvalue weighted by Crippen LogP contribution is -2.54. The summed E-state index contributed by atoms with van der Waals surface area (Å²) in [6.07, 6.45) is -1.34. The summed E-state index contributed by atoms with van der Waals surface area (Å²) in [4.78, 5) is 1.70. The third-order valence-electron chi connectivity index (χ3n) is 3.49. The maximum atomic E-state index is 13.0. The van der Waals surface area contributed by atoms with E-state index in [1.165, 1.54) is 0 Å². The van der Waals surface area contributed by atoms with Crippen LogP contribution in [0, 0.1) is 0 Å². The Labute approximate surface area is 104 Å². The van der Waals surface area contributed by atoms with Crippen LogP contribution in [0.5, 0.6) is 0 Å². The average molecular weight is 268 g/mol. The monoisotopic (exact) mass is 268 g/mol. The molecule has 2 unspecified atom stereocenters. The molecule has 2 nitrogen and oxygen atoms in total. The van der Waals surface area contributed by atoms with Gasteiger partial charge in [0.2, 0.25) is 0 Å².